The van der Waals surface area contributed by atoms with E-state index in [0.29, 0.717) is 36.6 Å². The first-order valence-electron chi connectivity index (χ1n) is 7.31. The van der Waals surface area contributed by atoms with Crippen LogP contribution in [0.3, 0.4) is 0 Å². The zero-order valence-electron chi connectivity index (χ0n) is 12.8. The second-order valence-electron chi connectivity index (χ2n) is 5.22. The van der Waals surface area contributed by atoms with Crippen molar-refractivity contribution in [3.63, 3.8) is 0 Å². The van der Waals surface area contributed by atoms with Crippen molar-refractivity contribution >= 4 is 0 Å². The maximum atomic E-state index is 14.1. The second-order valence-corrected chi connectivity index (χ2v) is 5.22. The average molecular weight is 293 g/mol. The molecule has 0 fully saturated rings. The molecule has 0 unspecified atom stereocenters. The molecule has 1 aromatic rings. The van der Waals surface area contributed by atoms with Crippen molar-refractivity contribution in [1.29, 1.82) is 0 Å². The van der Waals surface area contributed by atoms with E-state index >= 15 is 0 Å². The molecule has 0 atom stereocenters. The lowest BCUT2D eigenvalue weighted by Crippen LogP contribution is -2.32. The minimum atomic E-state index is -0.263. The number of halogens is 1. The van der Waals surface area contributed by atoms with Crippen LogP contribution in [-0.4, -0.2) is 40.9 Å². The number of hydrogen-bond donors (Lipinski definition) is 2. The molecule has 0 saturated carbocycles. The van der Waals surface area contributed by atoms with Gasteiger partial charge in [-0.25, -0.2) is 4.39 Å². The molecule has 0 amide bonds. The molecule has 0 saturated heterocycles. The molecule has 3 nitrogen and oxygen atoms in total. The van der Waals surface area contributed by atoms with Gasteiger partial charge in [0.25, 0.3) is 0 Å². The van der Waals surface area contributed by atoms with E-state index in [9.17, 15) is 4.39 Å². The van der Waals surface area contributed by atoms with Crippen molar-refractivity contribution in [2.45, 2.75) is 39.3 Å². The first-order chi connectivity index (χ1) is 10.1. The van der Waals surface area contributed by atoms with E-state index in [1.807, 2.05) is 0 Å². The van der Waals surface area contributed by atoms with Crippen LogP contribution in [0.25, 0.3) is 0 Å². The highest BCUT2D eigenvalue weighted by Crippen LogP contribution is 2.14. The molecule has 4 heteroatoms. The molecule has 116 valence electrons. The highest BCUT2D eigenvalue weighted by atomic mass is 19.1. The van der Waals surface area contributed by atoms with Crippen LogP contribution in [0.2, 0.25) is 0 Å². The fourth-order valence-electron chi connectivity index (χ4n) is 1.99. The van der Waals surface area contributed by atoms with Gasteiger partial charge in [0.05, 0.1) is 6.61 Å². The van der Waals surface area contributed by atoms with Gasteiger partial charge < -0.3 is 10.2 Å². The van der Waals surface area contributed by atoms with Crippen LogP contribution >= 0.6 is 0 Å². The van der Waals surface area contributed by atoms with Gasteiger partial charge in [-0.05, 0) is 32.4 Å². The Kier molecular flexibility index (Phi) is 7.99. The molecule has 0 radical (unpaired) electrons. The Hall–Kier alpha value is -1.41. The number of aliphatic hydroxyl groups excluding tert-OH is 2. The van der Waals surface area contributed by atoms with Crippen LogP contribution in [-0.2, 0) is 6.54 Å². The number of hydrogen-bond acceptors (Lipinski definition) is 3. The van der Waals surface area contributed by atoms with Gasteiger partial charge in [-0.3, -0.25) is 4.90 Å². The van der Waals surface area contributed by atoms with Gasteiger partial charge >= 0.3 is 0 Å². The van der Waals surface area contributed by atoms with Gasteiger partial charge in [0.1, 0.15) is 5.82 Å². The van der Waals surface area contributed by atoms with Crippen LogP contribution in [0.4, 0.5) is 4.39 Å². The van der Waals surface area contributed by atoms with Crippen LogP contribution in [0, 0.1) is 17.7 Å². The Bertz CT molecular complexity index is 491. The van der Waals surface area contributed by atoms with E-state index in [-0.39, 0.29) is 19.0 Å². The average Bonchev–Trinajstić information content (AvgIpc) is 2.45. The van der Waals surface area contributed by atoms with Crippen molar-refractivity contribution in [2.24, 2.45) is 0 Å². The summed E-state index contributed by atoms with van der Waals surface area (Å²) in [5, 5.41) is 17.6. The number of nitrogens with zero attached hydrogens (tertiary/aromatic N) is 1. The van der Waals surface area contributed by atoms with Crippen LogP contribution in [0.1, 0.15) is 37.8 Å². The summed E-state index contributed by atoms with van der Waals surface area (Å²) in [6, 6.07) is 5.28. The van der Waals surface area contributed by atoms with Crippen LogP contribution in [0.15, 0.2) is 18.2 Å². The monoisotopic (exact) mass is 293 g/mol. The van der Waals surface area contributed by atoms with E-state index in [0.717, 1.165) is 6.54 Å². The van der Waals surface area contributed by atoms with Crippen LogP contribution < -0.4 is 0 Å². The minimum Gasteiger partial charge on any atom is -0.396 e. The lowest BCUT2D eigenvalue weighted by atomic mass is 10.1. The summed E-state index contributed by atoms with van der Waals surface area (Å²) in [5.41, 5.74) is 1.26. The predicted molar refractivity (Wildman–Crippen MR) is 82.2 cm³/mol. The zero-order chi connectivity index (χ0) is 15.7. The van der Waals surface area contributed by atoms with Crippen LogP contribution in [0.5, 0.6) is 0 Å². The largest absolute Gasteiger partial charge is 0.396 e. The van der Waals surface area contributed by atoms with E-state index < -0.39 is 0 Å². The molecule has 1 rings (SSSR count). The highest BCUT2D eigenvalue weighted by molar-refractivity contribution is 5.37. The van der Waals surface area contributed by atoms with Crippen molar-refractivity contribution in [3.8, 4) is 11.8 Å². The summed E-state index contributed by atoms with van der Waals surface area (Å²) >= 11 is 0. The SMILES string of the molecule is CC(C)N(CCCO)Cc1ccc(C#CCCO)cc1F. The summed E-state index contributed by atoms with van der Waals surface area (Å²) in [6.45, 7) is 5.54. The smallest absolute Gasteiger partial charge is 0.128 e. The van der Waals surface area contributed by atoms with Gasteiger partial charge in [0.15, 0.2) is 0 Å². The van der Waals surface area contributed by atoms with E-state index in [1.54, 1.807) is 12.1 Å². The molecule has 1 aromatic carbocycles. The zero-order valence-corrected chi connectivity index (χ0v) is 12.8. The third-order valence-corrected chi connectivity index (χ3v) is 3.23. The van der Waals surface area contributed by atoms with E-state index in [4.69, 9.17) is 10.2 Å². The molecule has 0 aliphatic heterocycles. The summed E-state index contributed by atoms with van der Waals surface area (Å²) in [6.07, 6.45) is 1.08. The lowest BCUT2D eigenvalue weighted by Gasteiger charge is -2.26. The Morgan fingerprint density at radius 2 is 2.00 bits per heavy atom. The topological polar surface area (TPSA) is 43.7 Å². The van der Waals surface area contributed by atoms with E-state index in [2.05, 4.69) is 30.6 Å². The number of aliphatic hydroxyl groups is 2. The molecule has 0 spiro atoms. The number of benzene rings is 1. The summed E-state index contributed by atoms with van der Waals surface area (Å²) in [4.78, 5) is 2.13. The third kappa shape index (κ3) is 6.26. The Labute approximate surface area is 126 Å². The predicted octanol–water partition coefficient (Wildman–Crippen LogP) is 2.15. The Morgan fingerprint density at radius 1 is 1.24 bits per heavy atom. The summed E-state index contributed by atoms with van der Waals surface area (Å²) < 4.78 is 14.1. The van der Waals surface area contributed by atoms with Gasteiger partial charge in [-0.1, -0.05) is 17.9 Å². The fraction of sp³-hybridized carbons (Fsp3) is 0.529. The second kappa shape index (κ2) is 9.51. The molecule has 2 N–H and O–H groups in total. The normalized spacial score (nSPS) is 10.8. The molecular weight excluding hydrogens is 269 g/mol. The van der Waals surface area contributed by atoms with Gasteiger partial charge in [0, 0.05) is 43.3 Å². The van der Waals surface area contributed by atoms with Gasteiger partial charge in [0.2, 0.25) is 0 Å². The molecule has 0 heterocycles. The minimum absolute atomic E-state index is 0.0156. The highest BCUT2D eigenvalue weighted by Gasteiger charge is 2.12. The molecular formula is C17H24FNO2. The van der Waals surface area contributed by atoms with E-state index in [1.165, 1.54) is 6.07 Å². The summed E-state index contributed by atoms with van der Waals surface area (Å²) in [7, 11) is 0. The third-order valence-electron chi connectivity index (χ3n) is 3.23. The Balaban J connectivity index is 2.77. The molecule has 21 heavy (non-hydrogen) atoms. The molecule has 0 aliphatic rings. The maximum Gasteiger partial charge on any atom is 0.128 e. The van der Waals surface area contributed by atoms with Crippen molar-refractivity contribution in [2.75, 3.05) is 19.8 Å². The van der Waals surface area contributed by atoms with Crippen molar-refractivity contribution in [1.82, 2.24) is 4.90 Å². The lowest BCUT2D eigenvalue weighted by molar-refractivity contribution is 0.183. The Morgan fingerprint density at radius 3 is 2.57 bits per heavy atom. The maximum absolute atomic E-state index is 14.1. The first-order valence-corrected chi connectivity index (χ1v) is 7.31. The first kappa shape index (κ1) is 17.6. The molecule has 0 aliphatic carbocycles. The number of rotatable bonds is 7. The standard InChI is InChI=1S/C17H24FNO2/c1-14(2)19(9-5-11-21)13-16-8-7-15(12-17(16)18)6-3-4-10-20/h7-8,12,14,20-21H,4-5,9-11,13H2,1-2H3. The molecule has 0 aromatic heterocycles. The van der Waals surface area contributed by atoms with Gasteiger partial charge in [-0.15, -0.1) is 0 Å². The van der Waals surface area contributed by atoms with Gasteiger partial charge in [-0.2, -0.15) is 0 Å². The van der Waals surface area contributed by atoms with Crippen molar-refractivity contribution in [3.05, 3.63) is 35.1 Å². The molecule has 0 bridgehead atoms. The fourth-order valence-corrected chi connectivity index (χ4v) is 1.99. The summed E-state index contributed by atoms with van der Waals surface area (Å²) in [5.74, 6) is 5.34. The quantitative estimate of drug-likeness (QED) is 0.757. The van der Waals surface area contributed by atoms with Crippen molar-refractivity contribution < 1.29 is 14.6 Å².